The number of aliphatic carboxylic acids is 1. The Hall–Kier alpha value is -1.32. The molecule has 0 radical (unpaired) electrons. The lowest BCUT2D eigenvalue weighted by atomic mass is 9.87. The Kier molecular flexibility index (Phi) is 5.05. The minimum absolute atomic E-state index is 0.0552. The van der Waals surface area contributed by atoms with E-state index in [1.165, 1.54) is 6.08 Å². The van der Waals surface area contributed by atoms with Crippen molar-refractivity contribution in [2.45, 2.75) is 34.1 Å². The molecule has 0 saturated carbocycles. The second kappa shape index (κ2) is 5.53. The van der Waals surface area contributed by atoms with E-state index >= 15 is 0 Å². The molecule has 0 unspecified atom stereocenters. The van der Waals surface area contributed by atoms with Crippen LogP contribution >= 0.6 is 0 Å². The van der Waals surface area contributed by atoms with Gasteiger partial charge < -0.3 is 10.2 Å². The highest BCUT2D eigenvalue weighted by Crippen LogP contribution is 2.27. The summed E-state index contributed by atoms with van der Waals surface area (Å²) in [7, 11) is 0. The van der Waals surface area contributed by atoms with Crippen molar-refractivity contribution in [3.63, 3.8) is 0 Å². The zero-order chi connectivity index (χ0) is 12.1. The van der Waals surface area contributed by atoms with Gasteiger partial charge in [0.05, 0.1) is 0 Å². The van der Waals surface area contributed by atoms with Crippen molar-refractivity contribution in [2.75, 3.05) is 6.54 Å². The lowest BCUT2D eigenvalue weighted by Gasteiger charge is -2.21. The maximum absolute atomic E-state index is 10.8. The Balaban J connectivity index is 5.01. The number of allylic oxidation sites excluding steroid dienone is 1. The van der Waals surface area contributed by atoms with Crippen LogP contribution in [-0.2, 0) is 4.79 Å². The molecule has 0 aromatic heterocycles. The normalized spacial score (nSPS) is 14.1. The average molecular weight is 213 g/mol. The molecular weight excluding hydrogens is 194 g/mol. The maximum Gasteiger partial charge on any atom is 0.354 e. The van der Waals surface area contributed by atoms with Crippen LogP contribution in [0.25, 0.3) is 0 Å². The lowest BCUT2D eigenvalue weighted by molar-refractivity contribution is -0.129. The van der Waals surface area contributed by atoms with E-state index in [0.29, 0.717) is 6.54 Å². The van der Waals surface area contributed by atoms with Crippen LogP contribution in [0.1, 0.15) is 34.1 Å². The molecule has 0 aromatic rings. The summed E-state index contributed by atoms with van der Waals surface area (Å²) in [5, 5.41) is 18.5. The molecule has 86 valence electrons. The van der Waals surface area contributed by atoms with Crippen LogP contribution in [-0.4, -0.2) is 28.4 Å². The van der Waals surface area contributed by atoms with Gasteiger partial charge in [0, 0.05) is 18.0 Å². The van der Waals surface area contributed by atoms with Crippen LogP contribution in [0.2, 0.25) is 0 Å². The summed E-state index contributed by atoms with van der Waals surface area (Å²) in [5.74, 6) is -1.06. The Morgan fingerprint density at radius 2 is 1.87 bits per heavy atom. The van der Waals surface area contributed by atoms with Crippen molar-refractivity contribution < 1.29 is 15.0 Å². The third-order valence-electron chi connectivity index (χ3n) is 2.40. The quantitative estimate of drug-likeness (QED) is 0.544. The summed E-state index contributed by atoms with van der Waals surface area (Å²) < 4.78 is 0. The minimum atomic E-state index is -1.12. The Morgan fingerprint density at radius 1 is 1.33 bits per heavy atom. The second-order valence-corrected chi connectivity index (χ2v) is 3.93. The summed E-state index contributed by atoms with van der Waals surface area (Å²) >= 11 is 0. The topological polar surface area (TPSA) is 69.9 Å². The van der Waals surface area contributed by atoms with Crippen LogP contribution in [0.5, 0.6) is 0 Å². The van der Waals surface area contributed by atoms with E-state index in [-0.39, 0.29) is 11.5 Å². The number of hydrogen-bond donors (Lipinski definition) is 2. The van der Waals surface area contributed by atoms with Crippen molar-refractivity contribution >= 4 is 11.7 Å². The number of carboxylic acid groups (broad SMARTS) is 1. The first-order chi connectivity index (χ1) is 6.85. The van der Waals surface area contributed by atoms with Gasteiger partial charge in [-0.2, -0.15) is 0 Å². The third-order valence-corrected chi connectivity index (χ3v) is 2.40. The van der Waals surface area contributed by atoms with Gasteiger partial charge in [0.1, 0.15) is 11.5 Å². The summed E-state index contributed by atoms with van der Waals surface area (Å²) in [5.41, 5.74) is -0.513. The van der Waals surface area contributed by atoms with Gasteiger partial charge in [0.25, 0.3) is 0 Å². The maximum atomic E-state index is 10.8. The average Bonchev–Trinajstić information content (AvgIpc) is 2.16. The molecule has 4 heteroatoms. The molecule has 0 bridgehead atoms. The fourth-order valence-corrected chi connectivity index (χ4v) is 0.851. The Morgan fingerprint density at radius 3 is 2.20 bits per heavy atom. The standard InChI is InChI=1S/C11H19NO3/c1-5-11(3,4)9(13)7-8(10(14)15)12-6-2/h7,13H,5-6H2,1-4H3,(H,14,15)/b9-7+,12-8+. The van der Waals surface area contributed by atoms with Gasteiger partial charge >= 0.3 is 5.97 Å². The predicted octanol–water partition coefficient (Wildman–Crippen LogP) is 2.41. The van der Waals surface area contributed by atoms with Gasteiger partial charge in [-0.05, 0) is 13.3 Å². The molecule has 2 N–H and O–H groups in total. The van der Waals surface area contributed by atoms with Gasteiger partial charge in [-0.25, -0.2) is 4.79 Å². The van der Waals surface area contributed by atoms with Crippen LogP contribution < -0.4 is 0 Å². The second-order valence-electron chi connectivity index (χ2n) is 3.93. The number of hydrogen-bond acceptors (Lipinski definition) is 3. The number of carbonyl (C=O) groups is 1. The number of rotatable bonds is 5. The Labute approximate surface area is 90.3 Å². The van der Waals surface area contributed by atoms with Crippen molar-refractivity contribution in [1.29, 1.82) is 0 Å². The summed E-state index contributed by atoms with van der Waals surface area (Å²) in [6.45, 7) is 7.77. The first kappa shape index (κ1) is 13.7. The number of aliphatic imine (C=N–C) groups is 1. The van der Waals surface area contributed by atoms with Crippen molar-refractivity contribution in [3.8, 4) is 0 Å². The van der Waals surface area contributed by atoms with E-state index < -0.39 is 11.4 Å². The van der Waals surface area contributed by atoms with Crippen molar-refractivity contribution in [3.05, 3.63) is 11.8 Å². The number of nitrogens with zero attached hydrogens (tertiary/aromatic N) is 1. The van der Waals surface area contributed by atoms with E-state index in [1.807, 2.05) is 20.8 Å². The molecule has 0 aliphatic rings. The monoisotopic (exact) mass is 213 g/mol. The molecule has 0 aromatic carbocycles. The predicted molar refractivity (Wildman–Crippen MR) is 60.4 cm³/mol. The molecule has 0 spiro atoms. The van der Waals surface area contributed by atoms with Gasteiger partial charge in [0.2, 0.25) is 0 Å². The molecule has 4 nitrogen and oxygen atoms in total. The molecular formula is C11H19NO3. The number of aliphatic hydroxyl groups excluding tert-OH is 1. The SMILES string of the molecule is CC/N=C(\C=C(\O)C(C)(C)CC)C(=O)O. The molecule has 0 aliphatic heterocycles. The molecule has 0 aliphatic carbocycles. The Bertz CT molecular complexity index is 290. The smallest absolute Gasteiger partial charge is 0.354 e. The van der Waals surface area contributed by atoms with Crippen molar-refractivity contribution in [2.24, 2.45) is 10.4 Å². The highest BCUT2D eigenvalue weighted by Gasteiger charge is 2.22. The zero-order valence-corrected chi connectivity index (χ0v) is 9.74. The van der Waals surface area contributed by atoms with Crippen LogP contribution in [0, 0.1) is 5.41 Å². The first-order valence-electron chi connectivity index (χ1n) is 5.04. The molecule has 0 atom stereocenters. The fourth-order valence-electron chi connectivity index (χ4n) is 0.851. The van der Waals surface area contributed by atoms with Crippen LogP contribution in [0.4, 0.5) is 0 Å². The number of aliphatic hydroxyl groups is 1. The van der Waals surface area contributed by atoms with E-state index in [0.717, 1.165) is 6.42 Å². The van der Waals surface area contributed by atoms with Crippen LogP contribution in [0.15, 0.2) is 16.8 Å². The van der Waals surface area contributed by atoms with E-state index in [1.54, 1.807) is 6.92 Å². The molecule has 0 heterocycles. The zero-order valence-electron chi connectivity index (χ0n) is 9.74. The van der Waals surface area contributed by atoms with Gasteiger partial charge in [0.15, 0.2) is 0 Å². The summed E-state index contributed by atoms with van der Waals surface area (Å²) in [4.78, 5) is 14.5. The lowest BCUT2D eigenvalue weighted by Crippen LogP contribution is -2.18. The highest BCUT2D eigenvalue weighted by atomic mass is 16.4. The molecule has 15 heavy (non-hydrogen) atoms. The summed E-state index contributed by atoms with van der Waals surface area (Å²) in [6.07, 6.45) is 1.96. The largest absolute Gasteiger partial charge is 0.512 e. The van der Waals surface area contributed by atoms with E-state index in [2.05, 4.69) is 4.99 Å². The minimum Gasteiger partial charge on any atom is -0.512 e. The molecule has 0 amide bonds. The first-order valence-corrected chi connectivity index (χ1v) is 5.04. The highest BCUT2D eigenvalue weighted by molar-refractivity contribution is 6.40. The van der Waals surface area contributed by atoms with Gasteiger partial charge in [-0.3, -0.25) is 4.99 Å². The molecule has 0 rings (SSSR count). The summed E-state index contributed by atoms with van der Waals surface area (Å²) in [6, 6.07) is 0. The van der Waals surface area contributed by atoms with Gasteiger partial charge in [-0.1, -0.05) is 20.8 Å². The molecule has 0 saturated heterocycles. The van der Waals surface area contributed by atoms with E-state index in [9.17, 15) is 9.90 Å². The molecule has 0 fully saturated rings. The third kappa shape index (κ3) is 4.14. The van der Waals surface area contributed by atoms with Crippen molar-refractivity contribution in [1.82, 2.24) is 0 Å². The van der Waals surface area contributed by atoms with Gasteiger partial charge in [-0.15, -0.1) is 0 Å². The fraction of sp³-hybridized carbons (Fsp3) is 0.636. The van der Waals surface area contributed by atoms with E-state index in [4.69, 9.17) is 5.11 Å². The number of carboxylic acids is 1. The van der Waals surface area contributed by atoms with Crippen LogP contribution in [0.3, 0.4) is 0 Å².